The number of rotatable bonds is 4. The monoisotopic (exact) mass is 535 g/mol. The van der Waals surface area contributed by atoms with Crippen molar-refractivity contribution < 1.29 is 13.1 Å². The molecule has 6 aromatic rings. The Morgan fingerprint density at radius 3 is 2.17 bits per heavy atom. The number of aromatic amines is 1. The highest BCUT2D eigenvalue weighted by atomic mass is 19.2. The Kier molecular flexibility index (Phi) is 5.13. The van der Waals surface area contributed by atoms with Crippen LogP contribution in [0, 0.1) is 0 Å². The second kappa shape index (κ2) is 8.90. The molecule has 2 aromatic heterocycles. The van der Waals surface area contributed by atoms with Crippen molar-refractivity contribution in [3.63, 3.8) is 0 Å². The molecule has 8 rings (SSSR count). The largest absolute Gasteiger partial charge is 0.737 e. The predicted molar refractivity (Wildman–Crippen MR) is 165 cm³/mol. The molecule has 0 bridgehead atoms. The molecule has 0 unspecified atom stereocenters. The van der Waals surface area contributed by atoms with Gasteiger partial charge < -0.3 is 22.6 Å². The highest BCUT2D eigenvalue weighted by Gasteiger charge is 2.53. The number of hydrogen-bond acceptors (Lipinski definition) is 0. The molecule has 0 amide bonds. The molecule has 2 aliphatic heterocycles. The molecule has 0 saturated heterocycles. The van der Waals surface area contributed by atoms with E-state index in [1.807, 2.05) is 54.6 Å². The summed E-state index contributed by atoms with van der Waals surface area (Å²) in [6.07, 6.45) is 9.20. The molecule has 0 radical (unpaired) electrons. The van der Waals surface area contributed by atoms with Crippen molar-refractivity contribution in [2.45, 2.75) is 0 Å². The van der Waals surface area contributed by atoms with E-state index in [0.29, 0.717) is 22.8 Å². The van der Waals surface area contributed by atoms with Crippen molar-refractivity contribution in [3.8, 4) is 0 Å². The average Bonchev–Trinajstić information content (AvgIpc) is 3.77. The fraction of sp³-hybridized carbons (Fsp3) is 0. The third-order valence-electron chi connectivity index (χ3n) is 8.14. The summed E-state index contributed by atoms with van der Waals surface area (Å²) in [5.74, 6) is 0. The van der Waals surface area contributed by atoms with E-state index < -0.39 is 6.97 Å². The smallest absolute Gasteiger partial charge is 0.396 e. The van der Waals surface area contributed by atoms with E-state index >= 15 is 8.63 Å². The van der Waals surface area contributed by atoms with Crippen molar-refractivity contribution in [2.75, 3.05) is 0 Å². The zero-order valence-corrected chi connectivity index (χ0v) is 22.0. The summed E-state index contributed by atoms with van der Waals surface area (Å²) >= 11 is 0. The van der Waals surface area contributed by atoms with Crippen LogP contribution in [-0.4, -0.2) is 26.6 Å². The zero-order valence-electron chi connectivity index (χ0n) is 22.0. The Morgan fingerprint density at radius 1 is 0.707 bits per heavy atom. The van der Waals surface area contributed by atoms with Crippen molar-refractivity contribution in [1.82, 2.24) is 9.46 Å². The number of benzene rings is 4. The van der Waals surface area contributed by atoms with E-state index in [0.717, 1.165) is 26.9 Å². The van der Waals surface area contributed by atoms with Gasteiger partial charge in [-0.3, -0.25) is 0 Å². The number of aromatic nitrogens is 2. The Bertz CT molecular complexity index is 2070. The minimum absolute atomic E-state index is 0.452. The van der Waals surface area contributed by atoms with Crippen LogP contribution in [0.2, 0.25) is 0 Å². The average molecular weight is 535 g/mol. The quantitative estimate of drug-likeness (QED) is 0.173. The van der Waals surface area contributed by atoms with Gasteiger partial charge in [-0.25, -0.2) is 0 Å². The van der Waals surface area contributed by atoms with Crippen LogP contribution >= 0.6 is 0 Å². The number of nitrogens with one attached hydrogen (secondary N) is 1. The fourth-order valence-electron chi connectivity index (χ4n) is 6.30. The van der Waals surface area contributed by atoms with Crippen molar-refractivity contribution in [2.24, 2.45) is 0 Å². The van der Waals surface area contributed by atoms with E-state index in [1.54, 1.807) is 18.2 Å². The first-order valence-corrected chi connectivity index (χ1v) is 13.7. The normalized spacial score (nSPS) is 15.9. The highest BCUT2D eigenvalue weighted by Crippen LogP contribution is 2.39. The molecule has 0 aliphatic carbocycles. The van der Waals surface area contributed by atoms with Crippen molar-refractivity contribution >= 4 is 52.0 Å². The number of halogens is 2. The lowest BCUT2D eigenvalue weighted by Crippen LogP contribution is -2.50. The van der Waals surface area contributed by atoms with Crippen LogP contribution < -0.4 is 0 Å². The summed E-state index contributed by atoms with van der Waals surface area (Å²) < 4.78 is 34.5. The molecule has 2 aliphatic rings. The predicted octanol–water partition coefficient (Wildman–Crippen LogP) is 8.36. The van der Waals surface area contributed by atoms with Crippen LogP contribution in [0.4, 0.5) is 8.63 Å². The van der Waals surface area contributed by atoms with Gasteiger partial charge in [0.15, 0.2) is 11.4 Å². The lowest BCUT2D eigenvalue weighted by atomic mass is 9.86. The second-order valence-corrected chi connectivity index (χ2v) is 10.5. The van der Waals surface area contributed by atoms with Crippen LogP contribution in [-0.2, 0) is 0 Å². The van der Waals surface area contributed by atoms with Gasteiger partial charge in [-0.1, -0.05) is 84.9 Å². The van der Waals surface area contributed by atoms with Crippen molar-refractivity contribution in [1.29, 1.82) is 0 Å². The number of allylic oxidation sites excluding steroid dienone is 2. The summed E-state index contributed by atoms with van der Waals surface area (Å²) in [5, 5.41) is 4.70. The molecule has 0 saturated carbocycles. The molecule has 0 spiro atoms. The molecule has 6 heteroatoms. The van der Waals surface area contributed by atoms with Gasteiger partial charge >= 0.3 is 6.97 Å². The molecule has 3 nitrogen and oxygen atoms in total. The molecule has 4 aromatic carbocycles. The summed E-state index contributed by atoms with van der Waals surface area (Å²) in [7, 11) is 0. The van der Waals surface area contributed by atoms with Gasteiger partial charge in [0.25, 0.3) is 0 Å². The molecule has 4 heterocycles. The van der Waals surface area contributed by atoms with Crippen molar-refractivity contribution in [3.05, 3.63) is 161 Å². The molecule has 1 N–H and O–H groups in total. The van der Waals surface area contributed by atoms with Crippen LogP contribution in [0.25, 0.3) is 39.3 Å². The number of nitrogens with zero attached hydrogens (tertiary/aromatic N) is 2. The third-order valence-corrected chi connectivity index (χ3v) is 8.14. The molecular formula is C35H24BF2N3. The molecule has 0 fully saturated rings. The van der Waals surface area contributed by atoms with E-state index in [9.17, 15) is 0 Å². The Balaban J connectivity index is 1.25. The Morgan fingerprint density at radius 2 is 1.41 bits per heavy atom. The van der Waals surface area contributed by atoms with Gasteiger partial charge in [-0.2, -0.15) is 0 Å². The maximum absolute atomic E-state index is 16.1. The van der Waals surface area contributed by atoms with Crippen LogP contribution in [0.1, 0.15) is 28.2 Å². The van der Waals surface area contributed by atoms with E-state index in [4.69, 9.17) is 0 Å². The second-order valence-electron chi connectivity index (χ2n) is 10.5. The van der Waals surface area contributed by atoms with E-state index in [1.165, 1.54) is 32.2 Å². The van der Waals surface area contributed by atoms with Gasteiger partial charge in [0.2, 0.25) is 0 Å². The maximum Gasteiger partial charge on any atom is 0.737 e. The number of H-pyrrole nitrogens is 1. The van der Waals surface area contributed by atoms with Crippen LogP contribution in [0.15, 0.2) is 133 Å². The third kappa shape index (κ3) is 3.61. The topological polar surface area (TPSA) is 23.7 Å². The summed E-state index contributed by atoms with van der Waals surface area (Å²) in [6, 6.07) is 35.9. The minimum atomic E-state index is -4.08. The summed E-state index contributed by atoms with van der Waals surface area (Å²) in [4.78, 5) is 3.39. The van der Waals surface area contributed by atoms with E-state index in [2.05, 4.69) is 65.7 Å². The Labute approximate surface area is 235 Å². The summed E-state index contributed by atoms with van der Waals surface area (Å²) in [6.45, 7) is -4.08. The lowest BCUT2D eigenvalue weighted by molar-refractivity contribution is -0.361. The maximum atomic E-state index is 16.1. The van der Waals surface area contributed by atoms with E-state index in [-0.39, 0.29) is 0 Å². The van der Waals surface area contributed by atoms with Gasteiger partial charge in [0.1, 0.15) is 5.69 Å². The fourth-order valence-corrected chi connectivity index (χ4v) is 6.30. The number of hydrogen-bond donors (Lipinski definition) is 1. The van der Waals surface area contributed by atoms with Crippen LogP contribution in [0.5, 0.6) is 0 Å². The lowest BCUT2D eigenvalue weighted by Gasteiger charge is -2.31. The molecular weight excluding hydrogens is 511 g/mol. The SMILES string of the molecule is F[B-]1(F)n2cccc2C(c2ccccc2)=C2C=CC(c3ccc(/C=C/c4c5ccccc5cc5ccccc45)[nH]3)=[N+]21. The Hall–Kier alpha value is -5.23. The minimum Gasteiger partial charge on any atom is -0.396 e. The first kappa shape index (κ1) is 23.6. The first-order valence-electron chi connectivity index (χ1n) is 13.7. The van der Waals surface area contributed by atoms with Gasteiger partial charge in [0, 0.05) is 23.5 Å². The molecule has 0 atom stereocenters. The zero-order chi connectivity index (χ0) is 27.6. The van der Waals surface area contributed by atoms with Gasteiger partial charge in [-0.05, 0) is 75.3 Å². The molecule has 196 valence electrons. The standard InChI is InChI=1S/C35H24BF2N3/c37-36(38)40-22-8-15-33(40)35(24-9-2-1-3-10-24)34-21-20-32(41(34)36)31-19-17-27(39-31)16-18-30-28-13-6-4-11-25(28)23-26-12-5-7-14-29(26)30/h1-23,39H/b18-16+. The van der Waals surface area contributed by atoms with Crippen LogP contribution in [0.3, 0.4) is 0 Å². The highest BCUT2D eigenvalue weighted by molar-refractivity contribution is 6.58. The van der Waals surface area contributed by atoms with Gasteiger partial charge in [-0.15, -0.1) is 0 Å². The number of fused-ring (bicyclic) bond motifs is 4. The first-order chi connectivity index (χ1) is 20.1. The van der Waals surface area contributed by atoms with Gasteiger partial charge in [0.05, 0.1) is 5.57 Å². The molecule has 41 heavy (non-hydrogen) atoms. The summed E-state index contributed by atoms with van der Waals surface area (Å²) in [5.41, 5.74) is 5.80.